The maximum Gasteiger partial charge on any atom is 0.155 e. The van der Waals surface area contributed by atoms with Crippen molar-refractivity contribution in [2.24, 2.45) is 40.4 Å². The predicted molar refractivity (Wildman–Crippen MR) is 102 cm³/mol. The fourth-order valence-electron chi connectivity index (χ4n) is 8.52. The van der Waals surface area contributed by atoms with Crippen LogP contribution in [0, 0.1) is 40.4 Å². The second-order valence-corrected chi connectivity index (χ2v) is 10.1. The van der Waals surface area contributed by atoms with E-state index >= 15 is 0 Å². The van der Waals surface area contributed by atoms with Crippen LogP contribution in [-0.4, -0.2) is 11.6 Å². The molecule has 26 heavy (non-hydrogen) atoms. The molecule has 0 heterocycles. The van der Waals surface area contributed by atoms with Crippen LogP contribution in [0.15, 0.2) is 23.8 Å². The lowest BCUT2D eigenvalue weighted by molar-refractivity contribution is -0.143. The highest BCUT2D eigenvalue weighted by Gasteiger charge is 2.67. The van der Waals surface area contributed by atoms with Crippen molar-refractivity contribution >= 4 is 11.6 Å². The summed E-state index contributed by atoms with van der Waals surface area (Å²) in [6.45, 7) is 4.35. The summed E-state index contributed by atoms with van der Waals surface area (Å²) in [6.07, 6.45) is 16.6. The van der Waals surface area contributed by atoms with Gasteiger partial charge in [0.1, 0.15) is 5.78 Å². The van der Waals surface area contributed by atoms with E-state index in [1.165, 1.54) is 31.3 Å². The molecule has 0 aliphatic heterocycles. The highest BCUT2D eigenvalue weighted by Crippen LogP contribution is 2.72. The fourth-order valence-corrected chi connectivity index (χ4v) is 8.52. The topological polar surface area (TPSA) is 34.1 Å². The smallest absolute Gasteiger partial charge is 0.155 e. The molecule has 5 aliphatic rings. The van der Waals surface area contributed by atoms with E-state index in [9.17, 15) is 9.59 Å². The average molecular weight is 353 g/mol. The third-order valence-electron chi connectivity index (χ3n) is 9.60. The molecule has 2 nitrogen and oxygen atoms in total. The van der Waals surface area contributed by atoms with Gasteiger partial charge in [0.15, 0.2) is 5.78 Å². The van der Waals surface area contributed by atoms with Crippen molar-refractivity contribution in [2.75, 3.05) is 0 Å². The summed E-state index contributed by atoms with van der Waals surface area (Å²) >= 11 is 0. The molecule has 0 saturated heterocycles. The standard InChI is InChI=1S/C24H32O2/c1-15(25)24-11-4-3-5-17(24)14-22-21-8-6-16-13-18(26)7-9-19(16)20(21)10-12-23(22,24)2/h3-4,13,17,19-22H,5-12,14H2,1-2H3/t17-,19+,20-,21-,22+,23+,24+/m1/s1. The molecule has 0 amide bonds. The average Bonchev–Trinajstić information content (AvgIpc) is 2.91. The largest absolute Gasteiger partial charge is 0.299 e. The van der Waals surface area contributed by atoms with Gasteiger partial charge >= 0.3 is 0 Å². The number of ketones is 2. The second-order valence-electron chi connectivity index (χ2n) is 10.1. The van der Waals surface area contributed by atoms with Crippen LogP contribution < -0.4 is 0 Å². The van der Waals surface area contributed by atoms with Crippen LogP contribution >= 0.6 is 0 Å². The first-order chi connectivity index (χ1) is 12.5. The zero-order chi connectivity index (χ0) is 18.1. The molecule has 2 heteroatoms. The monoisotopic (exact) mass is 352 g/mol. The molecule has 0 aromatic heterocycles. The highest BCUT2D eigenvalue weighted by atomic mass is 16.1. The van der Waals surface area contributed by atoms with Gasteiger partial charge in [-0.05, 0) is 99.4 Å². The molecule has 0 aromatic carbocycles. The van der Waals surface area contributed by atoms with Crippen LogP contribution in [-0.2, 0) is 9.59 Å². The van der Waals surface area contributed by atoms with Crippen LogP contribution in [0.1, 0.15) is 71.6 Å². The summed E-state index contributed by atoms with van der Waals surface area (Å²) in [4.78, 5) is 24.9. The Balaban J connectivity index is 1.52. The molecular weight excluding hydrogens is 320 g/mol. The predicted octanol–water partition coefficient (Wildman–Crippen LogP) is 5.28. The Kier molecular flexibility index (Phi) is 3.69. The van der Waals surface area contributed by atoms with E-state index in [1.54, 1.807) is 0 Å². The summed E-state index contributed by atoms with van der Waals surface area (Å²) in [7, 11) is 0. The first kappa shape index (κ1) is 17.0. The molecule has 5 rings (SSSR count). The van der Waals surface area contributed by atoms with Gasteiger partial charge in [-0.25, -0.2) is 0 Å². The van der Waals surface area contributed by atoms with E-state index in [1.807, 2.05) is 13.0 Å². The van der Waals surface area contributed by atoms with Crippen LogP contribution in [0.25, 0.3) is 0 Å². The van der Waals surface area contributed by atoms with Gasteiger partial charge in [0.2, 0.25) is 0 Å². The van der Waals surface area contributed by atoms with Crippen LogP contribution in [0.5, 0.6) is 0 Å². The Morgan fingerprint density at radius 2 is 1.96 bits per heavy atom. The van der Waals surface area contributed by atoms with Crippen LogP contribution in [0.3, 0.4) is 0 Å². The number of rotatable bonds is 1. The van der Waals surface area contributed by atoms with Gasteiger partial charge < -0.3 is 0 Å². The molecular formula is C24H32O2. The number of hydrogen-bond acceptors (Lipinski definition) is 2. The van der Waals surface area contributed by atoms with Crippen LogP contribution in [0.4, 0.5) is 0 Å². The van der Waals surface area contributed by atoms with E-state index in [0.29, 0.717) is 29.3 Å². The summed E-state index contributed by atoms with van der Waals surface area (Å²) < 4.78 is 0. The summed E-state index contributed by atoms with van der Waals surface area (Å²) in [5.41, 5.74) is 1.54. The van der Waals surface area contributed by atoms with E-state index in [0.717, 1.165) is 43.9 Å². The van der Waals surface area contributed by atoms with Crippen molar-refractivity contribution in [3.8, 4) is 0 Å². The molecule has 0 spiro atoms. The minimum Gasteiger partial charge on any atom is -0.299 e. The Morgan fingerprint density at radius 1 is 1.12 bits per heavy atom. The van der Waals surface area contributed by atoms with Crippen molar-refractivity contribution in [1.29, 1.82) is 0 Å². The van der Waals surface area contributed by atoms with Gasteiger partial charge in [-0.3, -0.25) is 9.59 Å². The summed E-state index contributed by atoms with van der Waals surface area (Å²) in [5, 5.41) is 0. The van der Waals surface area contributed by atoms with Crippen molar-refractivity contribution in [1.82, 2.24) is 0 Å². The minimum absolute atomic E-state index is 0.101. The Labute approximate surface area is 157 Å². The zero-order valence-corrected chi connectivity index (χ0v) is 16.3. The zero-order valence-electron chi connectivity index (χ0n) is 16.3. The van der Waals surface area contributed by atoms with E-state index in [4.69, 9.17) is 0 Å². The van der Waals surface area contributed by atoms with Gasteiger partial charge in [-0.2, -0.15) is 0 Å². The maximum atomic E-state index is 13.0. The molecule has 3 fully saturated rings. The molecule has 0 N–H and O–H groups in total. The number of allylic oxidation sites excluding steroid dienone is 3. The third kappa shape index (κ3) is 1.99. The Bertz CT molecular complexity index is 716. The lowest BCUT2D eigenvalue weighted by Crippen LogP contribution is -2.53. The molecule has 0 aromatic rings. The lowest BCUT2D eigenvalue weighted by Gasteiger charge is -2.57. The third-order valence-corrected chi connectivity index (χ3v) is 9.60. The van der Waals surface area contributed by atoms with E-state index in [2.05, 4.69) is 19.1 Å². The number of Topliss-reactive ketones (excluding diaryl/α,β-unsaturated/α-hetero) is 1. The molecule has 140 valence electrons. The van der Waals surface area contributed by atoms with Gasteiger partial charge in [0, 0.05) is 11.8 Å². The number of hydrogen-bond donors (Lipinski definition) is 0. The van der Waals surface area contributed by atoms with Crippen molar-refractivity contribution in [3.05, 3.63) is 23.8 Å². The molecule has 3 saturated carbocycles. The molecule has 0 radical (unpaired) electrons. The van der Waals surface area contributed by atoms with Gasteiger partial charge in [-0.1, -0.05) is 24.6 Å². The van der Waals surface area contributed by atoms with Gasteiger partial charge in [-0.15, -0.1) is 0 Å². The van der Waals surface area contributed by atoms with Crippen LogP contribution in [0.2, 0.25) is 0 Å². The van der Waals surface area contributed by atoms with Crippen molar-refractivity contribution < 1.29 is 9.59 Å². The molecule has 5 aliphatic carbocycles. The normalized spacial score (nSPS) is 49.5. The highest BCUT2D eigenvalue weighted by molar-refractivity contribution is 5.91. The molecule has 0 unspecified atom stereocenters. The Hall–Kier alpha value is -1.18. The summed E-state index contributed by atoms with van der Waals surface area (Å²) in [6, 6.07) is 0. The van der Waals surface area contributed by atoms with Crippen molar-refractivity contribution in [2.45, 2.75) is 71.6 Å². The van der Waals surface area contributed by atoms with Gasteiger partial charge in [0.25, 0.3) is 0 Å². The number of carbonyl (C=O) groups excluding carboxylic acids is 2. The van der Waals surface area contributed by atoms with E-state index in [-0.39, 0.29) is 10.8 Å². The minimum atomic E-state index is -0.101. The summed E-state index contributed by atoms with van der Waals surface area (Å²) in [5.74, 6) is 4.26. The molecule has 0 bridgehead atoms. The number of carbonyl (C=O) groups is 2. The SMILES string of the molecule is CC(=O)[C@@]12CC=CC[C@@H]1C[C@H]1[C@@H]3CCC4=CC(=O)CC[C@@H]4[C@H]3CC[C@@]12C. The van der Waals surface area contributed by atoms with E-state index < -0.39 is 0 Å². The van der Waals surface area contributed by atoms with Crippen molar-refractivity contribution in [3.63, 3.8) is 0 Å². The lowest BCUT2D eigenvalue weighted by atomic mass is 9.46. The maximum absolute atomic E-state index is 13.0. The number of fused-ring (bicyclic) bond motifs is 7. The Morgan fingerprint density at radius 3 is 2.77 bits per heavy atom. The first-order valence-corrected chi connectivity index (χ1v) is 10.9. The quantitative estimate of drug-likeness (QED) is 0.602. The fraction of sp³-hybridized carbons (Fsp3) is 0.750. The first-order valence-electron chi connectivity index (χ1n) is 10.9. The van der Waals surface area contributed by atoms with Gasteiger partial charge in [0.05, 0.1) is 0 Å². The molecule has 7 atom stereocenters. The second kappa shape index (κ2) is 5.66.